The number of likely N-dealkylation sites (N-methyl/N-ethyl adjacent to an activating group) is 1. The molecule has 1 fully saturated rings. The number of benzene rings is 1. The number of halogens is 1. The molecule has 3 rings (SSSR count). The van der Waals surface area contributed by atoms with E-state index in [-0.39, 0.29) is 11.7 Å². The van der Waals surface area contributed by atoms with Crippen molar-refractivity contribution < 1.29 is 9.18 Å². The van der Waals surface area contributed by atoms with Crippen LogP contribution in [0.2, 0.25) is 0 Å². The fourth-order valence-corrected chi connectivity index (χ4v) is 3.71. The minimum Gasteiger partial charge on any atom is -0.336 e. The molecule has 0 radical (unpaired) electrons. The zero-order chi connectivity index (χ0) is 19.4. The molecule has 1 aromatic heterocycles. The molecular weight excluding hydrogens is 343 g/mol. The van der Waals surface area contributed by atoms with Crippen molar-refractivity contribution in [3.63, 3.8) is 0 Å². The molecule has 146 valence electrons. The Kier molecular flexibility index (Phi) is 6.26. The highest BCUT2D eigenvalue weighted by Crippen LogP contribution is 2.23. The Labute approximate surface area is 160 Å². The lowest BCUT2D eigenvalue weighted by Gasteiger charge is -2.34. The summed E-state index contributed by atoms with van der Waals surface area (Å²) in [6.07, 6.45) is 2.38. The summed E-state index contributed by atoms with van der Waals surface area (Å²) in [4.78, 5) is 17.7. The summed E-state index contributed by atoms with van der Waals surface area (Å²) in [5.74, 6) is -0.192. The van der Waals surface area contributed by atoms with Gasteiger partial charge in [0.1, 0.15) is 5.82 Å². The van der Waals surface area contributed by atoms with Gasteiger partial charge in [0.2, 0.25) is 0 Å². The predicted octanol–water partition coefficient (Wildman–Crippen LogP) is 3.30. The zero-order valence-corrected chi connectivity index (χ0v) is 16.5. The van der Waals surface area contributed by atoms with Crippen LogP contribution in [0.5, 0.6) is 0 Å². The van der Waals surface area contributed by atoms with Crippen molar-refractivity contribution in [3.05, 3.63) is 47.0 Å². The van der Waals surface area contributed by atoms with Crippen molar-refractivity contribution in [1.29, 1.82) is 0 Å². The van der Waals surface area contributed by atoms with Crippen LogP contribution in [0.25, 0.3) is 5.69 Å². The first-order valence-corrected chi connectivity index (χ1v) is 9.97. The van der Waals surface area contributed by atoms with E-state index in [1.807, 2.05) is 16.5 Å². The maximum absolute atomic E-state index is 13.4. The predicted molar refractivity (Wildman–Crippen MR) is 105 cm³/mol. The first kappa shape index (κ1) is 19.5. The van der Waals surface area contributed by atoms with Crippen LogP contribution < -0.4 is 0 Å². The fourth-order valence-electron chi connectivity index (χ4n) is 3.71. The van der Waals surface area contributed by atoms with Crippen LogP contribution in [0.3, 0.4) is 0 Å². The number of carbonyl (C=O) groups is 1. The number of piperazine rings is 1. The standard InChI is InChI=1S/C21H29FN4O/c1-4-7-18-20(21(27)25-14-12-24(6-3)13-15-25)19(5-2)26(23-18)17-10-8-16(22)9-11-17/h8-11H,4-7,12-15H2,1-3H3. The Balaban J connectivity index is 1.97. The van der Waals surface area contributed by atoms with Gasteiger partial charge in [0, 0.05) is 26.2 Å². The van der Waals surface area contributed by atoms with Crippen LogP contribution >= 0.6 is 0 Å². The highest BCUT2D eigenvalue weighted by Gasteiger charge is 2.28. The second-order valence-corrected chi connectivity index (χ2v) is 6.99. The molecule has 0 atom stereocenters. The molecule has 0 aliphatic carbocycles. The third-order valence-corrected chi connectivity index (χ3v) is 5.27. The molecular formula is C21H29FN4O. The Hall–Kier alpha value is -2.21. The smallest absolute Gasteiger partial charge is 0.257 e. The molecule has 5 nitrogen and oxygen atoms in total. The molecule has 6 heteroatoms. The van der Waals surface area contributed by atoms with Crippen LogP contribution in [0.15, 0.2) is 24.3 Å². The number of carbonyl (C=O) groups excluding carboxylic acids is 1. The lowest BCUT2D eigenvalue weighted by Crippen LogP contribution is -2.48. The number of nitrogens with zero attached hydrogens (tertiary/aromatic N) is 4. The molecule has 2 aromatic rings. The Morgan fingerprint density at radius 2 is 1.74 bits per heavy atom. The van der Waals surface area contributed by atoms with Gasteiger partial charge in [0.25, 0.3) is 5.91 Å². The van der Waals surface area contributed by atoms with Crippen molar-refractivity contribution in [3.8, 4) is 5.69 Å². The summed E-state index contributed by atoms with van der Waals surface area (Å²) in [5.41, 5.74) is 3.30. The summed E-state index contributed by atoms with van der Waals surface area (Å²) >= 11 is 0. The van der Waals surface area contributed by atoms with E-state index < -0.39 is 0 Å². The quantitative estimate of drug-likeness (QED) is 0.781. The Morgan fingerprint density at radius 1 is 1.07 bits per heavy atom. The van der Waals surface area contributed by atoms with E-state index >= 15 is 0 Å². The van der Waals surface area contributed by atoms with E-state index in [0.29, 0.717) is 6.42 Å². The van der Waals surface area contributed by atoms with Gasteiger partial charge in [-0.15, -0.1) is 0 Å². The SMILES string of the molecule is CCCc1nn(-c2ccc(F)cc2)c(CC)c1C(=O)N1CCN(CC)CC1. The number of amides is 1. The van der Waals surface area contributed by atoms with Gasteiger partial charge in [-0.2, -0.15) is 5.10 Å². The Bertz CT molecular complexity index is 776. The second-order valence-electron chi connectivity index (χ2n) is 6.99. The van der Waals surface area contributed by atoms with Crippen LogP contribution in [0, 0.1) is 5.82 Å². The van der Waals surface area contributed by atoms with E-state index in [4.69, 9.17) is 5.10 Å². The summed E-state index contributed by atoms with van der Waals surface area (Å²) in [6, 6.07) is 6.29. The lowest BCUT2D eigenvalue weighted by molar-refractivity contribution is 0.0641. The normalized spacial score (nSPS) is 15.3. The van der Waals surface area contributed by atoms with Gasteiger partial charge in [-0.1, -0.05) is 27.2 Å². The van der Waals surface area contributed by atoms with Crippen molar-refractivity contribution >= 4 is 5.91 Å². The third kappa shape index (κ3) is 4.05. The third-order valence-electron chi connectivity index (χ3n) is 5.27. The van der Waals surface area contributed by atoms with Gasteiger partial charge in [-0.05, 0) is 43.7 Å². The summed E-state index contributed by atoms with van der Waals surface area (Å²) in [6.45, 7) is 10.6. The average molecular weight is 372 g/mol. The van der Waals surface area contributed by atoms with E-state index in [0.717, 1.165) is 68.2 Å². The van der Waals surface area contributed by atoms with Gasteiger partial charge < -0.3 is 9.80 Å². The highest BCUT2D eigenvalue weighted by molar-refractivity contribution is 5.97. The van der Waals surface area contributed by atoms with Gasteiger partial charge in [0.05, 0.1) is 22.6 Å². The topological polar surface area (TPSA) is 41.4 Å². The van der Waals surface area contributed by atoms with Crippen LogP contribution in [-0.2, 0) is 12.8 Å². The molecule has 1 amide bonds. The monoisotopic (exact) mass is 372 g/mol. The van der Waals surface area contributed by atoms with Gasteiger partial charge in [-0.3, -0.25) is 4.79 Å². The van der Waals surface area contributed by atoms with Crippen molar-refractivity contribution in [1.82, 2.24) is 19.6 Å². The Morgan fingerprint density at radius 3 is 2.30 bits per heavy atom. The summed E-state index contributed by atoms with van der Waals surface area (Å²) in [5, 5.41) is 4.75. The van der Waals surface area contributed by atoms with E-state index in [1.54, 1.807) is 12.1 Å². The fraction of sp³-hybridized carbons (Fsp3) is 0.524. The summed E-state index contributed by atoms with van der Waals surface area (Å²) < 4.78 is 15.1. The molecule has 1 aliphatic heterocycles. The molecule has 0 bridgehead atoms. The minimum absolute atomic E-state index is 0.0828. The van der Waals surface area contributed by atoms with E-state index in [2.05, 4.69) is 18.7 Å². The molecule has 0 spiro atoms. The zero-order valence-electron chi connectivity index (χ0n) is 16.5. The molecule has 27 heavy (non-hydrogen) atoms. The van der Waals surface area contributed by atoms with Gasteiger partial charge in [0.15, 0.2) is 0 Å². The number of hydrogen-bond acceptors (Lipinski definition) is 3. The highest BCUT2D eigenvalue weighted by atomic mass is 19.1. The van der Waals surface area contributed by atoms with Gasteiger partial charge in [-0.25, -0.2) is 9.07 Å². The number of hydrogen-bond donors (Lipinski definition) is 0. The molecule has 1 saturated heterocycles. The first-order valence-electron chi connectivity index (χ1n) is 9.97. The van der Waals surface area contributed by atoms with Crippen LogP contribution in [-0.4, -0.2) is 58.2 Å². The molecule has 0 unspecified atom stereocenters. The van der Waals surface area contributed by atoms with Crippen LogP contribution in [0.4, 0.5) is 4.39 Å². The largest absolute Gasteiger partial charge is 0.336 e. The van der Waals surface area contributed by atoms with Crippen molar-refractivity contribution in [2.45, 2.75) is 40.0 Å². The number of aromatic nitrogens is 2. The van der Waals surface area contributed by atoms with Gasteiger partial charge >= 0.3 is 0 Å². The molecule has 0 saturated carbocycles. The molecule has 1 aromatic carbocycles. The maximum Gasteiger partial charge on any atom is 0.257 e. The second kappa shape index (κ2) is 8.65. The number of aryl methyl sites for hydroxylation is 1. The average Bonchev–Trinajstić information content (AvgIpc) is 3.06. The number of rotatable bonds is 6. The van der Waals surface area contributed by atoms with Crippen molar-refractivity contribution in [2.24, 2.45) is 0 Å². The van der Waals surface area contributed by atoms with E-state index in [1.165, 1.54) is 12.1 Å². The summed E-state index contributed by atoms with van der Waals surface area (Å²) in [7, 11) is 0. The first-order chi connectivity index (χ1) is 13.1. The van der Waals surface area contributed by atoms with Crippen LogP contribution in [0.1, 0.15) is 48.9 Å². The van der Waals surface area contributed by atoms with E-state index in [9.17, 15) is 9.18 Å². The minimum atomic E-state index is -0.275. The van der Waals surface area contributed by atoms with Crippen molar-refractivity contribution in [2.75, 3.05) is 32.7 Å². The lowest BCUT2D eigenvalue weighted by atomic mass is 10.1. The molecule has 2 heterocycles. The molecule has 1 aliphatic rings. The molecule has 0 N–H and O–H groups in total. The maximum atomic E-state index is 13.4.